The van der Waals surface area contributed by atoms with Gasteiger partial charge in [0.1, 0.15) is 5.82 Å². The third kappa shape index (κ3) is 2.14. The van der Waals surface area contributed by atoms with Crippen LogP contribution in [0.2, 0.25) is 0 Å². The normalized spacial score (nSPS) is 11.8. The summed E-state index contributed by atoms with van der Waals surface area (Å²) in [6, 6.07) is 3.85. The number of nitrogens with two attached hydrogens (primary N) is 1. The molecule has 1 aromatic rings. The summed E-state index contributed by atoms with van der Waals surface area (Å²) in [6.45, 7) is -0.885. The van der Waals surface area contributed by atoms with Crippen molar-refractivity contribution in [3.05, 3.63) is 33.1 Å². The molecule has 0 aliphatic carbocycles. The van der Waals surface area contributed by atoms with Gasteiger partial charge >= 0.3 is 0 Å². The fourth-order valence-electron chi connectivity index (χ4n) is 0.896. The van der Waals surface area contributed by atoms with Gasteiger partial charge in [-0.05, 0) is 34.7 Å². The van der Waals surface area contributed by atoms with Crippen LogP contribution in [0.15, 0.2) is 18.2 Å². The number of hydrogen-bond acceptors (Lipinski definition) is 1. The molecular weight excluding hydrogens is 294 g/mol. The van der Waals surface area contributed by atoms with E-state index in [4.69, 9.17) is 5.73 Å². The topological polar surface area (TPSA) is 26.0 Å². The molecule has 0 aliphatic heterocycles. The van der Waals surface area contributed by atoms with E-state index in [-0.39, 0.29) is 3.57 Å². The first kappa shape index (κ1) is 10.8. The first-order chi connectivity index (χ1) is 5.99. The molecule has 0 radical (unpaired) electrons. The van der Waals surface area contributed by atoms with Crippen LogP contribution in [-0.4, -0.2) is 6.54 Å². The van der Waals surface area contributed by atoms with Crippen LogP contribution in [0.1, 0.15) is 5.56 Å². The fourth-order valence-corrected chi connectivity index (χ4v) is 1.39. The average Bonchev–Trinajstić information content (AvgIpc) is 2.09. The Hall–Kier alpha value is -0.300. The van der Waals surface area contributed by atoms with Gasteiger partial charge in [0, 0.05) is 3.57 Å². The molecule has 0 saturated heterocycles. The van der Waals surface area contributed by atoms with Crippen molar-refractivity contribution in [1.82, 2.24) is 0 Å². The van der Waals surface area contributed by atoms with Gasteiger partial charge in [0.05, 0.1) is 12.1 Å². The molecule has 0 aromatic heterocycles. The van der Waals surface area contributed by atoms with E-state index in [2.05, 4.69) is 0 Å². The van der Waals surface area contributed by atoms with Gasteiger partial charge in [-0.15, -0.1) is 0 Å². The van der Waals surface area contributed by atoms with Crippen LogP contribution in [0.25, 0.3) is 0 Å². The Morgan fingerprint density at radius 3 is 2.54 bits per heavy atom. The van der Waals surface area contributed by atoms with Gasteiger partial charge in [-0.1, -0.05) is 6.07 Å². The van der Waals surface area contributed by atoms with Crippen LogP contribution < -0.4 is 5.73 Å². The summed E-state index contributed by atoms with van der Waals surface area (Å²) in [5.41, 5.74) is 4.20. The Balaban J connectivity index is 3.22. The minimum absolute atomic E-state index is 0.170. The van der Waals surface area contributed by atoms with Crippen molar-refractivity contribution in [3.8, 4) is 0 Å². The molecule has 1 nitrogen and oxygen atoms in total. The maximum atomic E-state index is 13.1. The van der Waals surface area contributed by atoms with Crippen LogP contribution in [0, 0.1) is 9.39 Å². The van der Waals surface area contributed by atoms with Crippen molar-refractivity contribution in [3.63, 3.8) is 0 Å². The first-order valence-electron chi connectivity index (χ1n) is 3.51. The molecule has 72 valence electrons. The maximum absolute atomic E-state index is 13.1. The van der Waals surface area contributed by atoms with E-state index >= 15 is 0 Å². The van der Waals surface area contributed by atoms with Gasteiger partial charge < -0.3 is 5.73 Å². The standard InChI is InChI=1S/C8H7F3IN/c9-7-5(8(10,11)4-13)2-1-3-6(7)12/h1-3H,4,13H2. The molecule has 0 aliphatic rings. The van der Waals surface area contributed by atoms with Crippen molar-refractivity contribution in [2.75, 3.05) is 6.54 Å². The van der Waals surface area contributed by atoms with Crippen LogP contribution in [-0.2, 0) is 5.92 Å². The van der Waals surface area contributed by atoms with Gasteiger partial charge in [0.25, 0.3) is 5.92 Å². The summed E-state index contributed by atoms with van der Waals surface area (Å²) in [7, 11) is 0. The molecule has 0 spiro atoms. The lowest BCUT2D eigenvalue weighted by Gasteiger charge is -2.15. The summed E-state index contributed by atoms with van der Waals surface area (Å²) in [6.07, 6.45) is 0. The van der Waals surface area contributed by atoms with Gasteiger partial charge in [-0.2, -0.15) is 8.78 Å². The second-order valence-electron chi connectivity index (χ2n) is 2.51. The lowest BCUT2D eigenvalue weighted by Crippen LogP contribution is -2.26. The smallest absolute Gasteiger partial charge is 0.288 e. The van der Waals surface area contributed by atoms with Crippen molar-refractivity contribution in [2.24, 2.45) is 5.73 Å². The highest BCUT2D eigenvalue weighted by Gasteiger charge is 2.33. The van der Waals surface area contributed by atoms with Crippen molar-refractivity contribution in [2.45, 2.75) is 5.92 Å². The van der Waals surface area contributed by atoms with Crippen molar-refractivity contribution >= 4 is 22.6 Å². The molecular formula is C8H7F3IN. The van der Waals surface area contributed by atoms with Crippen LogP contribution in [0.3, 0.4) is 0 Å². The Morgan fingerprint density at radius 1 is 1.38 bits per heavy atom. The highest BCUT2D eigenvalue weighted by atomic mass is 127. The lowest BCUT2D eigenvalue weighted by molar-refractivity contribution is 0.00225. The zero-order valence-electron chi connectivity index (χ0n) is 6.53. The molecule has 0 bridgehead atoms. The largest absolute Gasteiger partial charge is 0.325 e. The van der Waals surface area contributed by atoms with E-state index in [0.29, 0.717) is 0 Å². The Kier molecular flexibility index (Phi) is 3.18. The highest BCUT2D eigenvalue weighted by molar-refractivity contribution is 14.1. The maximum Gasteiger partial charge on any atom is 0.288 e. The van der Waals surface area contributed by atoms with E-state index in [1.165, 1.54) is 12.1 Å². The van der Waals surface area contributed by atoms with Gasteiger partial charge in [-0.3, -0.25) is 0 Å². The second-order valence-corrected chi connectivity index (χ2v) is 3.67. The zero-order chi connectivity index (χ0) is 10.1. The first-order valence-corrected chi connectivity index (χ1v) is 4.59. The number of hydrogen-bond donors (Lipinski definition) is 1. The molecule has 0 atom stereocenters. The van der Waals surface area contributed by atoms with Crippen LogP contribution in [0.4, 0.5) is 13.2 Å². The molecule has 0 fully saturated rings. The summed E-state index contributed by atoms with van der Waals surface area (Å²) in [4.78, 5) is 0. The molecule has 0 amide bonds. The van der Waals surface area contributed by atoms with Gasteiger partial charge in [-0.25, -0.2) is 4.39 Å². The second kappa shape index (κ2) is 3.83. The minimum Gasteiger partial charge on any atom is -0.325 e. The Bertz CT molecular complexity index is 314. The van der Waals surface area contributed by atoms with E-state index < -0.39 is 23.8 Å². The molecule has 0 saturated carbocycles. The predicted molar refractivity (Wildman–Crippen MR) is 52.1 cm³/mol. The molecule has 0 heterocycles. The monoisotopic (exact) mass is 301 g/mol. The summed E-state index contributed by atoms with van der Waals surface area (Å²) >= 11 is 1.66. The fraction of sp³-hybridized carbons (Fsp3) is 0.250. The van der Waals surface area contributed by atoms with E-state index in [1.54, 1.807) is 22.6 Å². The molecule has 0 unspecified atom stereocenters. The number of benzene rings is 1. The highest BCUT2D eigenvalue weighted by Crippen LogP contribution is 2.30. The quantitative estimate of drug-likeness (QED) is 0.835. The summed E-state index contributed by atoms with van der Waals surface area (Å²) in [5.74, 6) is -4.18. The molecule has 2 N–H and O–H groups in total. The molecule has 1 aromatic carbocycles. The van der Waals surface area contributed by atoms with Crippen molar-refractivity contribution < 1.29 is 13.2 Å². The summed E-state index contributed by atoms with van der Waals surface area (Å²) in [5, 5.41) is 0. The third-order valence-electron chi connectivity index (χ3n) is 1.60. The lowest BCUT2D eigenvalue weighted by atomic mass is 10.1. The number of halogens is 4. The Morgan fingerprint density at radius 2 is 2.00 bits per heavy atom. The average molecular weight is 301 g/mol. The SMILES string of the molecule is NCC(F)(F)c1cccc(I)c1F. The third-order valence-corrected chi connectivity index (χ3v) is 2.44. The van der Waals surface area contributed by atoms with E-state index in [9.17, 15) is 13.2 Å². The molecule has 1 rings (SSSR count). The minimum atomic E-state index is -3.29. The van der Waals surface area contributed by atoms with Crippen LogP contribution >= 0.6 is 22.6 Å². The molecule has 5 heteroatoms. The number of rotatable bonds is 2. The Labute approximate surface area is 87.3 Å². The van der Waals surface area contributed by atoms with Crippen molar-refractivity contribution in [1.29, 1.82) is 0 Å². The van der Waals surface area contributed by atoms with E-state index in [1.807, 2.05) is 0 Å². The van der Waals surface area contributed by atoms with Gasteiger partial charge in [0.2, 0.25) is 0 Å². The van der Waals surface area contributed by atoms with Crippen LogP contribution in [0.5, 0.6) is 0 Å². The molecule has 13 heavy (non-hydrogen) atoms. The van der Waals surface area contributed by atoms with E-state index in [0.717, 1.165) is 6.07 Å². The zero-order valence-corrected chi connectivity index (χ0v) is 8.69. The summed E-state index contributed by atoms with van der Waals surface area (Å²) < 4.78 is 39.2. The number of alkyl halides is 2. The predicted octanol–water partition coefficient (Wildman–Crippen LogP) is 2.48. The van der Waals surface area contributed by atoms with Gasteiger partial charge in [0.15, 0.2) is 0 Å².